The van der Waals surface area contributed by atoms with Gasteiger partial charge in [0.05, 0.1) is 21.1 Å². The molecule has 1 aromatic heterocycles. The number of carbonyl (C=O) groups is 2. The fourth-order valence-electron chi connectivity index (χ4n) is 2.94. The highest BCUT2D eigenvalue weighted by Crippen LogP contribution is 2.31. The van der Waals surface area contributed by atoms with E-state index in [0.29, 0.717) is 32.8 Å². The predicted molar refractivity (Wildman–Crippen MR) is 120 cm³/mol. The van der Waals surface area contributed by atoms with Crippen molar-refractivity contribution in [2.75, 3.05) is 0 Å². The summed E-state index contributed by atoms with van der Waals surface area (Å²) in [6.07, 6.45) is 1.55. The van der Waals surface area contributed by atoms with E-state index < -0.39 is 10.9 Å². The van der Waals surface area contributed by atoms with Gasteiger partial charge in [-0.2, -0.15) is 0 Å². The Hall–Kier alpha value is -4.18. The monoisotopic (exact) mass is 449 g/mol. The first kappa shape index (κ1) is 21.1. The largest absolute Gasteiger partial charge is 0.478 e. The first-order valence-electron chi connectivity index (χ1n) is 9.28. The Kier molecular flexibility index (Phi) is 5.61. The van der Waals surface area contributed by atoms with Gasteiger partial charge in [0.25, 0.3) is 11.6 Å². The summed E-state index contributed by atoms with van der Waals surface area (Å²) in [6, 6.07) is 14.0. The molecule has 0 unspecified atom stereocenters. The molecule has 1 aliphatic rings. The zero-order valence-corrected chi connectivity index (χ0v) is 17.4. The third-order valence-corrected chi connectivity index (χ3v) is 5.48. The van der Waals surface area contributed by atoms with Crippen LogP contribution in [0, 0.1) is 17.0 Å². The number of nitrogens with one attached hydrogen (secondary N) is 1. The molecule has 160 valence electrons. The van der Waals surface area contributed by atoms with Gasteiger partial charge in [-0.25, -0.2) is 9.79 Å². The summed E-state index contributed by atoms with van der Waals surface area (Å²) in [7, 11) is 0. The van der Waals surface area contributed by atoms with Crippen molar-refractivity contribution in [3.63, 3.8) is 0 Å². The van der Waals surface area contributed by atoms with Gasteiger partial charge in [0, 0.05) is 23.8 Å². The van der Waals surface area contributed by atoms with Gasteiger partial charge in [-0.3, -0.25) is 14.9 Å². The number of rotatable bonds is 5. The number of nitro benzene ring substituents is 1. The molecule has 1 aliphatic heterocycles. The summed E-state index contributed by atoms with van der Waals surface area (Å²) in [4.78, 5) is 38.7. The second kappa shape index (κ2) is 8.52. The van der Waals surface area contributed by atoms with Crippen LogP contribution in [0.5, 0.6) is 0 Å². The minimum absolute atomic E-state index is 0.0485. The first-order chi connectivity index (χ1) is 15.3. The number of aromatic carboxylic acids is 1. The Morgan fingerprint density at radius 1 is 1.22 bits per heavy atom. The van der Waals surface area contributed by atoms with Gasteiger partial charge in [-0.05, 0) is 48.5 Å². The zero-order chi connectivity index (χ0) is 22.8. The average Bonchev–Trinajstić information content (AvgIpc) is 3.36. The normalized spacial score (nSPS) is 15.8. The summed E-state index contributed by atoms with van der Waals surface area (Å²) in [5.74, 6) is -0.602. The molecule has 0 aliphatic carbocycles. The molecule has 0 saturated carbocycles. The van der Waals surface area contributed by atoms with Crippen LogP contribution in [0.15, 0.2) is 68.9 Å². The molecular formula is C22H15N3O6S. The maximum absolute atomic E-state index is 12.3. The van der Waals surface area contributed by atoms with E-state index in [0.717, 1.165) is 17.3 Å². The molecule has 2 heterocycles. The number of amidine groups is 1. The fraction of sp³-hybridized carbons (Fsp3) is 0.0455. The van der Waals surface area contributed by atoms with Crippen molar-refractivity contribution < 1.29 is 24.0 Å². The Morgan fingerprint density at radius 2 is 2.03 bits per heavy atom. The molecule has 1 amide bonds. The quantitative estimate of drug-likeness (QED) is 0.326. The first-order valence-corrected chi connectivity index (χ1v) is 10.1. The van der Waals surface area contributed by atoms with Gasteiger partial charge in [0.15, 0.2) is 5.17 Å². The van der Waals surface area contributed by atoms with Crippen molar-refractivity contribution in [3.05, 3.63) is 86.5 Å². The van der Waals surface area contributed by atoms with Gasteiger partial charge in [-0.15, -0.1) is 0 Å². The molecule has 1 saturated heterocycles. The number of benzene rings is 2. The van der Waals surface area contributed by atoms with Crippen LogP contribution in [0.3, 0.4) is 0 Å². The predicted octanol–water partition coefficient (Wildman–Crippen LogP) is 4.75. The molecule has 1 fully saturated rings. The second-order valence-electron chi connectivity index (χ2n) is 6.80. The SMILES string of the molecule is Cc1ccc(C(=O)O)cc1N=C1NC(=O)C(=Cc2ccc(-c3cccc([N+](=O)[O-])c3)o2)S1. The molecule has 0 spiro atoms. The molecule has 0 bridgehead atoms. The van der Waals surface area contributed by atoms with Gasteiger partial charge < -0.3 is 14.8 Å². The zero-order valence-electron chi connectivity index (χ0n) is 16.6. The number of aryl methyl sites for hydroxylation is 1. The second-order valence-corrected chi connectivity index (χ2v) is 7.83. The Labute approximate surface area is 185 Å². The topological polar surface area (TPSA) is 135 Å². The van der Waals surface area contributed by atoms with E-state index >= 15 is 0 Å². The number of nitro groups is 1. The van der Waals surface area contributed by atoms with Crippen molar-refractivity contribution in [3.8, 4) is 11.3 Å². The lowest BCUT2D eigenvalue weighted by Gasteiger charge is -2.03. The van der Waals surface area contributed by atoms with Crippen molar-refractivity contribution in [2.45, 2.75) is 6.92 Å². The number of thioether (sulfide) groups is 1. The van der Waals surface area contributed by atoms with E-state index in [9.17, 15) is 19.7 Å². The van der Waals surface area contributed by atoms with Crippen LogP contribution in [0.1, 0.15) is 21.7 Å². The van der Waals surface area contributed by atoms with Crippen molar-refractivity contribution in [1.29, 1.82) is 0 Å². The van der Waals surface area contributed by atoms with Crippen LogP contribution in [0.4, 0.5) is 11.4 Å². The Morgan fingerprint density at radius 3 is 2.78 bits per heavy atom. The average molecular weight is 449 g/mol. The third kappa shape index (κ3) is 4.44. The van der Waals surface area contributed by atoms with Gasteiger partial charge in [0.1, 0.15) is 11.5 Å². The van der Waals surface area contributed by atoms with E-state index in [-0.39, 0.29) is 17.2 Å². The maximum atomic E-state index is 12.3. The van der Waals surface area contributed by atoms with E-state index in [4.69, 9.17) is 9.52 Å². The lowest BCUT2D eigenvalue weighted by molar-refractivity contribution is -0.384. The summed E-state index contributed by atoms with van der Waals surface area (Å²) in [6.45, 7) is 1.79. The van der Waals surface area contributed by atoms with E-state index in [2.05, 4.69) is 10.3 Å². The number of non-ortho nitro benzene ring substituents is 1. The van der Waals surface area contributed by atoms with E-state index in [1.165, 1.54) is 24.3 Å². The van der Waals surface area contributed by atoms with Crippen LogP contribution in [-0.4, -0.2) is 27.1 Å². The number of amides is 1. The number of aliphatic imine (C=N–C) groups is 1. The van der Waals surface area contributed by atoms with Crippen LogP contribution < -0.4 is 5.32 Å². The van der Waals surface area contributed by atoms with Crippen LogP contribution >= 0.6 is 11.8 Å². The van der Waals surface area contributed by atoms with Gasteiger partial charge >= 0.3 is 5.97 Å². The number of carbonyl (C=O) groups excluding carboxylic acids is 1. The highest BCUT2D eigenvalue weighted by atomic mass is 32.2. The Bertz CT molecular complexity index is 1320. The van der Waals surface area contributed by atoms with E-state index in [1.54, 1.807) is 43.3 Å². The molecule has 9 nitrogen and oxygen atoms in total. The van der Waals surface area contributed by atoms with Crippen LogP contribution in [0.25, 0.3) is 17.4 Å². The minimum atomic E-state index is -1.06. The molecule has 2 N–H and O–H groups in total. The number of hydrogen-bond acceptors (Lipinski definition) is 7. The summed E-state index contributed by atoms with van der Waals surface area (Å²) in [5.41, 5.74) is 1.81. The van der Waals surface area contributed by atoms with Crippen molar-refractivity contribution in [1.82, 2.24) is 5.32 Å². The van der Waals surface area contributed by atoms with Gasteiger partial charge in [0.2, 0.25) is 0 Å². The molecule has 4 rings (SSSR count). The highest BCUT2D eigenvalue weighted by Gasteiger charge is 2.25. The molecule has 0 radical (unpaired) electrons. The number of nitrogens with zero attached hydrogens (tertiary/aromatic N) is 2. The van der Waals surface area contributed by atoms with Crippen molar-refractivity contribution in [2.24, 2.45) is 4.99 Å². The standard InChI is InChI=1S/C22H15N3O6S/c1-12-5-6-14(21(27)28)10-17(12)23-22-24-20(26)19(32-22)11-16-7-8-18(31-16)13-3-2-4-15(9-13)25(29)30/h2-11H,1H3,(H,27,28)(H,23,24,26). The van der Waals surface area contributed by atoms with Gasteiger partial charge in [-0.1, -0.05) is 18.2 Å². The van der Waals surface area contributed by atoms with Crippen LogP contribution in [-0.2, 0) is 4.79 Å². The lowest BCUT2D eigenvalue weighted by atomic mass is 10.1. The molecule has 3 aromatic rings. The molecular weight excluding hydrogens is 434 g/mol. The number of carboxylic acid groups (broad SMARTS) is 1. The Balaban J connectivity index is 1.57. The highest BCUT2D eigenvalue weighted by molar-refractivity contribution is 8.18. The number of hydrogen-bond donors (Lipinski definition) is 2. The number of furan rings is 1. The molecule has 32 heavy (non-hydrogen) atoms. The lowest BCUT2D eigenvalue weighted by Crippen LogP contribution is -2.19. The summed E-state index contributed by atoms with van der Waals surface area (Å²) < 4.78 is 5.73. The maximum Gasteiger partial charge on any atom is 0.335 e. The summed E-state index contributed by atoms with van der Waals surface area (Å²) >= 11 is 1.10. The molecule has 2 aromatic carbocycles. The number of carboxylic acids is 1. The molecule has 10 heteroatoms. The van der Waals surface area contributed by atoms with Crippen molar-refractivity contribution >= 4 is 46.3 Å². The molecule has 0 atom stereocenters. The summed E-state index contributed by atoms with van der Waals surface area (Å²) in [5, 5.41) is 23.1. The van der Waals surface area contributed by atoms with Crippen LogP contribution in [0.2, 0.25) is 0 Å². The fourth-order valence-corrected chi connectivity index (χ4v) is 3.76. The minimum Gasteiger partial charge on any atom is -0.478 e. The van der Waals surface area contributed by atoms with E-state index in [1.807, 2.05) is 0 Å². The third-order valence-electron chi connectivity index (χ3n) is 4.57. The smallest absolute Gasteiger partial charge is 0.335 e.